The lowest BCUT2D eigenvalue weighted by molar-refractivity contribution is 0.102. The van der Waals surface area contributed by atoms with Crippen molar-refractivity contribution in [2.45, 2.75) is 32.2 Å². The second kappa shape index (κ2) is 5.66. The van der Waals surface area contributed by atoms with Crippen LogP contribution < -0.4 is 5.32 Å². The van der Waals surface area contributed by atoms with Crippen molar-refractivity contribution < 1.29 is 9.32 Å². The molecule has 4 rings (SSSR count). The standard InChI is InChI=1S/C16H16N4O2S/c1-2-20-12(10-5-6-10)8-11(18-20)16(21)17-15-9-13(22-19-15)14-4-3-7-23-14/h3-4,7-10H,2,5-6H2,1H3,(H,17,19,21). The molecule has 0 aliphatic heterocycles. The van der Waals surface area contributed by atoms with Gasteiger partial charge in [-0.1, -0.05) is 11.2 Å². The van der Waals surface area contributed by atoms with E-state index in [1.54, 1.807) is 17.4 Å². The quantitative estimate of drug-likeness (QED) is 0.774. The number of carbonyl (C=O) groups is 1. The van der Waals surface area contributed by atoms with Gasteiger partial charge in [0.15, 0.2) is 17.3 Å². The minimum absolute atomic E-state index is 0.259. The average Bonchev–Trinajstić information content (AvgIpc) is 3.00. The molecule has 3 heterocycles. The number of aromatic nitrogens is 3. The smallest absolute Gasteiger partial charge is 0.277 e. The van der Waals surface area contributed by atoms with Crippen molar-refractivity contribution in [3.63, 3.8) is 0 Å². The van der Waals surface area contributed by atoms with Crippen LogP contribution in [0.4, 0.5) is 5.82 Å². The maximum atomic E-state index is 12.4. The number of aryl methyl sites for hydroxylation is 1. The van der Waals surface area contributed by atoms with Gasteiger partial charge in [0.2, 0.25) is 0 Å². The highest BCUT2D eigenvalue weighted by molar-refractivity contribution is 7.13. The van der Waals surface area contributed by atoms with Gasteiger partial charge in [-0.05, 0) is 37.3 Å². The number of thiophene rings is 1. The van der Waals surface area contributed by atoms with Crippen LogP contribution in [-0.4, -0.2) is 20.8 Å². The Bertz CT molecular complexity index is 830. The van der Waals surface area contributed by atoms with Crippen molar-refractivity contribution in [3.8, 4) is 10.6 Å². The molecule has 7 heteroatoms. The number of carbonyl (C=O) groups excluding carboxylic acids is 1. The van der Waals surface area contributed by atoms with Crippen molar-refractivity contribution in [1.82, 2.24) is 14.9 Å². The average molecular weight is 328 g/mol. The fraction of sp³-hybridized carbons (Fsp3) is 0.312. The Hall–Kier alpha value is -2.41. The number of nitrogens with zero attached hydrogens (tertiary/aromatic N) is 3. The molecule has 23 heavy (non-hydrogen) atoms. The van der Waals surface area contributed by atoms with Gasteiger partial charge in [-0.25, -0.2) is 0 Å². The Morgan fingerprint density at radius 1 is 1.48 bits per heavy atom. The Morgan fingerprint density at radius 3 is 3.04 bits per heavy atom. The molecular weight excluding hydrogens is 312 g/mol. The first-order valence-corrected chi connectivity index (χ1v) is 8.52. The van der Waals surface area contributed by atoms with Gasteiger partial charge in [0.05, 0.1) is 4.88 Å². The molecule has 0 atom stereocenters. The summed E-state index contributed by atoms with van der Waals surface area (Å²) in [6.07, 6.45) is 2.36. The molecule has 1 N–H and O–H groups in total. The Kier molecular flexibility index (Phi) is 3.49. The number of hydrogen-bond acceptors (Lipinski definition) is 5. The fourth-order valence-corrected chi connectivity index (χ4v) is 3.23. The summed E-state index contributed by atoms with van der Waals surface area (Å²) in [7, 11) is 0. The molecule has 0 radical (unpaired) electrons. The summed E-state index contributed by atoms with van der Waals surface area (Å²) in [6, 6.07) is 7.50. The molecule has 0 saturated heterocycles. The zero-order valence-corrected chi connectivity index (χ0v) is 13.5. The minimum atomic E-state index is -0.259. The molecule has 118 valence electrons. The molecule has 6 nitrogen and oxygen atoms in total. The Labute approximate surface area is 137 Å². The highest BCUT2D eigenvalue weighted by Gasteiger charge is 2.29. The van der Waals surface area contributed by atoms with E-state index in [1.807, 2.05) is 35.2 Å². The van der Waals surface area contributed by atoms with E-state index in [1.165, 1.54) is 12.8 Å². The van der Waals surface area contributed by atoms with E-state index in [2.05, 4.69) is 15.6 Å². The zero-order valence-electron chi connectivity index (χ0n) is 12.7. The van der Waals surface area contributed by atoms with Crippen LogP contribution in [0.3, 0.4) is 0 Å². The molecule has 0 aromatic carbocycles. The zero-order chi connectivity index (χ0) is 15.8. The third-order valence-electron chi connectivity index (χ3n) is 3.85. The van der Waals surface area contributed by atoms with E-state index >= 15 is 0 Å². The number of anilines is 1. The van der Waals surface area contributed by atoms with Crippen molar-refractivity contribution in [3.05, 3.63) is 41.0 Å². The first kappa shape index (κ1) is 14.2. The van der Waals surface area contributed by atoms with Crippen molar-refractivity contribution in [2.24, 2.45) is 0 Å². The van der Waals surface area contributed by atoms with Crippen molar-refractivity contribution >= 4 is 23.1 Å². The summed E-state index contributed by atoms with van der Waals surface area (Å²) in [5.74, 6) is 1.34. The van der Waals surface area contributed by atoms with E-state index in [-0.39, 0.29) is 5.91 Å². The second-order valence-electron chi connectivity index (χ2n) is 5.55. The molecule has 0 unspecified atom stereocenters. The molecule has 3 aromatic heterocycles. The fourth-order valence-electron chi connectivity index (χ4n) is 2.55. The molecule has 1 fully saturated rings. The van der Waals surface area contributed by atoms with Crippen LogP contribution in [0.15, 0.2) is 34.2 Å². The molecule has 1 amide bonds. The Balaban J connectivity index is 1.51. The number of amides is 1. The van der Waals surface area contributed by atoms with Gasteiger partial charge in [-0.2, -0.15) is 5.10 Å². The van der Waals surface area contributed by atoms with E-state index in [0.717, 1.165) is 17.1 Å². The summed E-state index contributed by atoms with van der Waals surface area (Å²) in [5.41, 5.74) is 1.58. The van der Waals surface area contributed by atoms with Gasteiger partial charge in [0.25, 0.3) is 5.91 Å². The van der Waals surface area contributed by atoms with E-state index in [4.69, 9.17) is 4.52 Å². The van der Waals surface area contributed by atoms with E-state index < -0.39 is 0 Å². The highest BCUT2D eigenvalue weighted by atomic mass is 32.1. The second-order valence-corrected chi connectivity index (χ2v) is 6.50. The third-order valence-corrected chi connectivity index (χ3v) is 4.74. The summed E-state index contributed by atoms with van der Waals surface area (Å²) < 4.78 is 7.17. The van der Waals surface area contributed by atoms with Gasteiger partial charge in [-0.15, -0.1) is 11.3 Å². The first-order chi connectivity index (χ1) is 11.2. The van der Waals surface area contributed by atoms with Crippen LogP contribution in [0, 0.1) is 0 Å². The SMILES string of the molecule is CCn1nc(C(=O)Nc2cc(-c3cccs3)on2)cc1C1CC1. The largest absolute Gasteiger partial charge is 0.353 e. The van der Waals surface area contributed by atoms with E-state index in [9.17, 15) is 4.79 Å². The van der Waals surface area contributed by atoms with Gasteiger partial charge < -0.3 is 9.84 Å². The predicted molar refractivity (Wildman–Crippen MR) is 87.6 cm³/mol. The van der Waals surface area contributed by atoms with Crippen LogP contribution in [0.1, 0.15) is 41.9 Å². The van der Waals surface area contributed by atoms with Crippen molar-refractivity contribution in [1.29, 1.82) is 0 Å². The van der Waals surface area contributed by atoms with Gasteiger partial charge >= 0.3 is 0 Å². The van der Waals surface area contributed by atoms with Crippen LogP contribution >= 0.6 is 11.3 Å². The molecule has 3 aromatic rings. The van der Waals surface area contributed by atoms with Gasteiger partial charge in [0, 0.05) is 24.2 Å². The maximum absolute atomic E-state index is 12.4. The number of nitrogens with one attached hydrogen (secondary N) is 1. The summed E-state index contributed by atoms with van der Waals surface area (Å²) in [6.45, 7) is 2.80. The number of hydrogen-bond donors (Lipinski definition) is 1. The van der Waals surface area contributed by atoms with Crippen LogP contribution in [0.5, 0.6) is 0 Å². The number of rotatable bonds is 5. The summed E-state index contributed by atoms with van der Waals surface area (Å²) >= 11 is 1.56. The van der Waals surface area contributed by atoms with Crippen LogP contribution in [0.2, 0.25) is 0 Å². The summed E-state index contributed by atoms with van der Waals surface area (Å²) in [5, 5.41) is 13.0. The minimum Gasteiger partial charge on any atom is -0.353 e. The Morgan fingerprint density at radius 2 is 2.35 bits per heavy atom. The first-order valence-electron chi connectivity index (χ1n) is 7.64. The monoisotopic (exact) mass is 328 g/mol. The van der Waals surface area contributed by atoms with Crippen molar-refractivity contribution in [2.75, 3.05) is 5.32 Å². The van der Waals surface area contributed by atoms with E-state index in [0.29, 0.717) is 23.2 Å². The van der Waals surface area contributed by atoms with Crippen LogP contribution in [-0.2, 0) is 6.54 Å². The molecule has 1 aliphatic carbocycles. The molecule has 0 spiro atoms. The lowest BCUT2D eigenvalue weighted by Crippen LogP contribution is -2.13. The molecule has 1 saturated carbocycles. The normalized spacial score (nSPS) is 14.1. The topological polar surface area (TPSA) is 73.0 Å². The van der Waals surface area contributed by atoms with Gasteiger partial charge in [-0.3, -0.25) is 9.48 Å². The molecular formula is C16H16N4O2S. The maximum Gasteiger partial charge on any atom is 0.277 e. The van der Waals surface area contributed by atoms with Crippen LogP contribution in [0.25, 0.3) is 10.6 Å². The predicted octanol–water partition coefficient (Wildman–Crippen LogP) is 3.75. The summed E-state index contributed by atoms with van der Waals surface area (Å²) in [4.78, 5) is 13.3. The molecule has 0 bridgehead atoms. The highest BCUT2D eigenvalue weighted by Crippen LogP contribution is 2.40. The lowest BCUT2D eigenvalue weighted by atomic mass is 10.2. The lowest BCUT2D eigenvalue weighted by Gasteiger charge is -2.00. The van der Waals surface area contributed by atoms with Gasteiger partial charge in [0.1, 0.15) is 0 Å². The third kappa shape index (κ3) is 2.79. The molecule has 1 aliphatic rings.